The summed E-state index contributed by atoms with van der Waals surface area (Å²) in [5, 5.41) is 9.46. The van der Waals surface area contributed by atoms with Gasteiger partial charge in [-0.25, -0.2) is 4.79 Å². The number of hydrogen-bond donors (Lipinski definition) is 1. The summed E-state index contributed by atoms with van der Waals surface area (Å²) in [5.74, 6) is -0.530. The van der Waals surface area contributed by atoms with Crippen LogP contribution in [0.15, 0.2) is 0 Å². The van der Waals surface area contributed by atoms with Crippen molar-refractivity contribution in [2.45, 2.75) is 20.3 Å². The molecule has 4 nitrogen and oxygen atoms in total. The quantitative estimate of drug-likeness (QED) is 0.754. The molecule has 0 aliphatic heterocycles. The number of aromatic hydroxyl groups is 1. The molecule has 0 aromatic carbocycles. The zero-order valence-corrected chi connectivity index (χ0v) is 8.35. The summed E-state index contributed by atoms with van der Waals surface area (Å²) in [7, 11) is 0. The molecule has 0 amide bonds. The molecular weight excluding hydrogens is 190 g/mol. The van der Waals surface area contributed by atoms with Crippen molar-refractivity contribution in [3.8, 4) is 5.88 Å². The highest BCUT2D eigenvalue weighted by Gasteiger charge is 2.15. The predicted octanol–water partition coefficient (Wildman–Crippen LogP) is 1.59. The number of aryl methyl sites for hydroxylation is 1. The SMILES string of the molecule is CCOC(=O)c1nc(O)c(CC)s1. The first-order valence-corrected chi connectivity index (χ1v) is 4.86. The molecule has 1 rings (SSSR count). The smallest absolute Gasteiger partial charge is 0.367 e. The first-order chi connectivity index (χ1) is 6.19. The predicted molar refractivity (Wildman–Crippen MR) is 49.1 cm³/mol. The van der Waals surface area contributed by atoms with Crippen LogP contribution in [0.3, 0.4) is 0 Å². The van der Waals surface area contributed by atoms with Crippen LogP contribution in [-0.4, -0.2) is 22.7 Å². The molecule has 0 bridgehead atoms. The van der Waals surface area contributed by atoms with Crippen LogP contribution in [0.25, 0.3) is 0 Å². The van der Waals surface area contributed by atoms with Gasteiger partial charge in [-0.1, -0.05) is 6.92 Å². The Balaban J connectivity index is 2.84. The molecule has 1 aromatic heterocycles. The van der Waals surface area contributed by atoms with Gasteiger partial charge in [-0.05, 0) is 13.3 Å². The highest BCUT2D eigenvalue weighted by Crippen LogP contribution is 2.24. The Morgan fingerprint density at radius 3 is 2.77 bits per heavy atom. The molecule has 0 saturated heterocycles. The second kappa shape index (κ2) is 4.23. The lowest BCUT2D eigenvalue weighted by Gasteiger charge is -1.94. The second-order valence-electron chi connectivity index (χ2n) is 2.34. The average molecular weight is 201 g/mol. The van der Waals surface area contributed by atoms with E-state index in [1.165, 1.54) is 11.3 Å². The molecule has 0 aliphatic carbocycles. The Morgan fingerprint density at radius 1 is 1.62 bits per heavy atom. The highest BCUT2D eigenvalue weighted by atomic mass is 32.1. The molecule has 5 heteroatoms. The maximum atomic E-state index is 11.1. The van der Waals surface area contributed by atoms with Gasteiger partial charge < -0.3 is 9.84 Å². The Morgan fingerprint density at radius 2 is 2.31 bits per heavy atom. The van der Waals surface area contributed by atoms with Crippen molar-refractivity contribution in [1.29, 1.82) is 0 Å². The number of ether oxygens (including phenoxy) is 1. The lowest BCUT2D eigenvalue weighted by molar-refractivity contribution is 0.0525. The van der Waals surface area contributed by atoms with Crippen LogP contribution in [0, 0.1) is 0 Å². The number of aromatic nitrogens is 1. The lowest BCUT2D eigenvalue weighted by Crippen LogP contribution is -2.03. The third kappa shape index (κ3) is 2.18. The summed E-state index contributed by atoms with van der Waals surface area (Å²) >= 11 is 1.17. The van der Waals surface area contributed by atoms with E-state index in [1.54, 1.807) is 6.92 Å². The number of esters is 1. The summed E-state index contributed by atoms with van der Waals surface area (Å²) in [6, 6.07) is 0. The molecule has 0 aliphatic rings. The number of thiazole rings is 1. The molecule has 72 valence electrons. The number of rotatable bonds is 3. The van der Waals surface area contributed by atoms with Crippen LogP contribution in [0.1, 0.15) is 28.5 Å². The van der Waals surface area contributed by atoms with E-state index in [2.05, 4.69) is 4.98 Å². The average Bonchev–Trinajstić information content (AvgIpc) is 2.47. The van der Waals surface area contributed by atoms with Crippen molar-refractivity contribution < 1.29 is 14.6 Å². The van der Waals surface area contributed by atoms with Crippen molar-refractivity contribution in [1.82, 2.24) is 4.98 Å². The van der Waals surface area contributed by atoms with E-state index in [1.807, 2.05) is 6.92 Å². The van der Waals surface area contributed by atoms with E-state index >= 15 is 0 Å². The van der Waals surface area contributed by atoms with Crippen LogP contribution in [0.5, 0.6) is 5.88 Å². The third-order valence-electron chi connectivity index (χ3n) is 1.45. The van der Waals surface area contributed by atoms with Gasteiger partial charge in [0.15, 0.2) is 0 Å². The maximum Gasteiger partial charge on any atom is 0.367 e. The first-order valence-electron chi connectivity index (χ1n) is 4.04. The summed E-state index contributed by atoms with van der Waals surface area (Å²) < 4.78 is 4.74. The molecule has 0 unspecified atom stereocenters. The third-order valence-corrected chi connectivity index (χ3v) is 2.62. The molecular formula is C8H11NO3S. The molecule has 0 radical (unpaired) electrons. The van der Waals surface area contributed by atoms with Gasteiger partial charge in [0.1, 0.15) is 0 Å². The zero-order valence-electron chi connectivity index (χ0n) is 7.53. The van der Waals surface area contributed by atoms with Crippen molar-refractivity contribution in [2.24, 2.45) is 0 Å². The van der Waals surface area contributed by atoms with Crippen molar-refractivity contribution in [2.75, 3.05) is 6.61 Å². The molecule has 0 fully saturated rings. The Bertz CT molecular complexity index is 308. The van der Waals surface area contributed by atoms with E-state index < -0.39 is 5.97 Å². The minimum absolute atomic E-state index is 0.0597. The molecule has 0 spiro atoms. The van der Waals surface area contributed by atoms with Crippen LogP contribution in [-0.2, 0) is 11.2 Å². The standard InChI is InChI=1S/C8H11NO3S/c1-3-5-6(10)9-7(13-5)8(11)12-4-2/h10H,3-4H2,1-2H3. The fourth-order valence-corrected chi connectivity index (χ4v) is 1.64. The van der Waals surface area contributed by atoms with E-state index in [4.69, 9.17) is 4.74 Å². The van der Waals surface area contributed by atoms with Crippen LogP contribution >= 0.6 is 11.3 Å². The van der Waals surface area contributed by atoms with Crippen LogP contribution < -0.4 is 0 Å². The van der Waals surface area contributed by atoms with Gasteiger partial charge in [0, 0.05) is 0 Å². The summed E-state index contributed by atoms with van der Waals surface area (Å²) in [6.07, 6.45) is 0.670. The van der Waals surface area contributed by atoms with Gasteiger partial charge in [0.25, 0.3) is 0 Å². The summed E-state index contributed by atoms with van der Waals surface area (Å²) in [4.78, 5) is 15.6. The first kappa shape index (κ1) is 9.98. The summed E-state index contributed by atoms with van der Waals surface area (Å²) in [5.41, 5.74) is 0. The van der Waals surface area contributed by atoms with E-state index in [0.29, 0.717) is 17.9 Å². The fraction of sp³-hybridized carbons (Fsp3) is 0.500. The molecule has 0 atom stereocenters. The normalized spacial score (nSPS) is 10.0. The molecule has 13 heavy (non-hydrogen) atoms. The Hall–Kier alpha value is -1.10. The zero-order chi connectivity index (χ0) is 9.84. The van der Waals surface area contributed by atoms with Crippen LogP contribution in [0.2, 0.25) is 0 Å². The topological polar surface area (TPSA) is 59.4 Å². The van der Waals surface area contributed by atoms with Gasteiger partial charge in [-0.15, -0.1) is 11.3 Å². The largest absolute Gasteiger partial charge is 0.492 e. The monoisotopic (exact) mass is 201 g/mol. The number of carbonyl (C=O) groups excluding carboxylic acids is 1. The van der Waals surface area contributed by atoms with Gasteiger partial charge >= 0.3 is 5.97 Å². The fourth-order valence-electron chi connectivity index (χ4n) is 0.854. The summed E-state index contributed by atoms with van der Waals surface area (Å²) in [6.45, 7) is 3.94. The Kier molecular flexibility index (Phi) is 3.25. The highest BCUT2D eigenvalue weighted by molar-refractivity contribution is 7.13. The van der Waals surface area contributed by atoms with Gasteiger partial charge in [0.2, 0.25) is 10.9 Å². The van der Waals surface area contributed by atoms with E-state index in [-0.39, 0.29) is 10.9 Å². The van der Waals surface area contributed by atoms with Crippen LogP contribution in [0.4, 0.5) is 0 Å². The van der Waals surface area contributed by atoms with Gasteiger partial charge in [-0.2, -0.15) is 4.98 Å². The Labute approximate surface area is 80.2 Å². The van der Waals surface area contributed by atoms with Gasteiger partial charge in [-0.3, -0.25) is 0 Å². The molecule has 1 aromatic rings. The minimum atomic E-state index is -0.470. The number of nitrogens with zero attached hydrogens (tertiary/aromatic N) is 1. The number of hydrogen-bond acceptors (Lipinski definition) is 5. The second-order valence-corrected chi connectivity index (χ2v) is 3.42. The molecule has 0 saturated carbocycles. The van der Waals surface area contributed by atoms with E-state index in [9.17, 15) is 9.90 Å². The molecule has 1 heterocycles. The molecule has 1 N–H and O–H groups in total. The van der Waals surface area contributed by atoms with E-state index in [0.717, 1.165) is 0 Å². The number of carbonyl (C=O) groups is 1. The van der Waals surface area contributed by atoms with Crippen molar-refractivity contribution >= 4 is 17.3 Å². The minimum Gasteiger partial charge on any atom is -0.492 e. The lowest BCUT2D eigenvalue weighted by atomic mass is 10.4. The van der Waals surface area contributed by atoms with Crippen molar-refractivity contribution in [3.05, 3.63) is 9.88 Å². The van der Waals surface area contributed by atoms with Crippen molar-refractivity contribution in [3.63, 3.8) is 0 Å². The maximum absolute atomic E-state index is 11.1. The van der Waals surface area contributed by atoms with Gasteiger partial charge in [0.05, 0.1) is 11.5 Å².